The molecule has 0 N–H and O–H groups in total. The van der Waals surface area contributed by atoms with E-state index in [1.807, 2.05) is 0 Å². The molecule has 2 bridgehead atoms. The Morgan fingerprint density at radius 2 is 2.42 bits per heavy atom. The summed E-state index contributed by atoms with van der Waals surface area (Å²) < 4.78 is 5.64. The molecule has 0 aromatic rings. The zero-order chi connectivity index (χ0) is 8.72. The first-order chi connectivity index (χ1) is 5.66. The molecule has 1 fully saturated rings. The average Bonchev–Trinajstić information content (AvgIpc) is 2.26. The fourth-order valence-electron chi connectivity index (χ4n) is 2.21. The predicted molar refractivity (Wildman–Crippen MR) is 45.8 cm³/mol. The standard InChI is InChI=1S/C10H14O2/c1-6-3-8-5-9(7(2)11)10(4-6)12-8/h3,8-10H,4-5H2,1-2H3/t8-,9+,10+/m1/s1. The molecule has 0 aromatic carbocycles. The molecule has 0 aliphatic carbocycles. The van der Waals surface area contributed by atoms with E-state index in [9.17, 15) is 4.79 Å². The van der Waals surface area contributed by atoms with Crippen LogP contribution in [-0.2, 0) is 9.53 Å². The van der Waals surface area contributed by atoms with E-state index in [1.54, 1.807) is 6.92 Å². The molecule has 2 heteroatoms. The van der Waals surface area contributed by atoms with E-state index in [0.29, 0.717) is 0 Å². The van der Waals surface area contributed by atoms with Crippen LogP contribution in [0.25, 0.3) is 0 Å². The Morgan fingerprint density at radius 3 is 3.08 bits per heavy atom. The molecule has 66 valence electrons. The van der Waals surface area contributed by atoms with Gasteiger partial charge in [0.25, 0.3) is 0 Å². The van der Waals surface area contributed by atoms with Crippen LogP contribution in [0, 0.1) is 5.92 Å². The van der Waals surface area contributed by atoms with Gasteiger partial charge >= 0.3 is 0 Å². The Morgan fingerprint density at radius 1 is 1.67 bits per heavy atom. The van der Waals surface area contributed by atoms with Crippen LogP contribution in [0.1, 0.15) is 26.7 Å². The van der Waals surface area contributed by atoms with Crippen molar-refractivity contribution in [3.8, 4) is 0 Å². The highest BCUT2D eigenvalue weighted by Crippen LogP contribution is 2.36. The first-order valence-corrected chi connectivity index (χ1v) is 4.50. The minimum atomic E-state index is 0.156. The number of carbonyl (C=O) groups is 1. The van der Waals surface area contributed by atoms with Crippen molar-refractivity contribution in [1.29, 1.82) is 0 Å². The van der Waals surface area contributed by atoms with E-state index in [-0.39, 0.29) is 23.9 Å². The van der Waals surface area contributed by atoms with Crippen LogP contribution >= 0.6 is 0 Å². The van der Waals surface area contributed by atoms with Crippen LogP contribution in [0.3, 0.4) is 0 Å². The average molecular weight is 166 g/mol. The number of fused-ring (bicyclic) bond motifs is 2. The minimum absolute atomic E-state index is 0.156. The van der Waals surface area contributed by atoms with Gasteiger partial charge in [-0.1, -0.05) is 11.6 Å². The van der Waals surface area contributed by atoms with Crippen molar-refractivity contribution < 1.29 is 9.53 Å². The van der Waals surface area contributed by atoms with Gasteiger partial charge in [-0.2, -0.15) is 0 Å². The fourth-order valence-corrected chi connectivity index (χ4v) is 2.21. The zero-order valence-corrected chi connectivity index (χ0v) is 7.54. The van der Waals surface area contributed by atoms with Crippen LogP contribution < -0.4 is 0 Å². The van der Waals surface area contributed by atoms with E-state index >= 15 is 0 Å². The van der Waals surface area contributed by atoms with Gasteiger partial charge in [0.1, 0.15) is 5.78 Å². The smallest absolute Gasteiger partial charge is 0.135 e. The SMILES string of the molecule is CC(=O)[C@@H]1C[C@H]2C=C(C)C[C@@H]1O2. The third-order valence-electron chi connectivity index (χ3n) is 2.80. The molecule has 0 saturated carbocycles. The molecule has 2 nitrogen and oxygen atoms in total. The van der Waals surface area contributed by atoms with Crippen molar-refractivity contribution in [3.05, 3.63) is 11.6 Å². The summed E-state index contributed by atoms with van der Waals surface area (Å²) in [5.41, 5.74) is 1.38. The highest BCUT2D eigenvalue weighted by Gasteiger charge is 2.39. The second kappa shape index (κ2) is 2.70. The topological polar surface area (TPSA) is 26.3 Å². The Hall–Kier alpha value is -0.630. The van der Waals surface area contributed by atoms with E-state index in [2.05, 4.69) is 13.0 Å². The van der Waals surface area contributed by atoms with E-state index in [1.165, 1.54) is 5.57 Å². The monoisotopic (exact) mass is 166 g/mol. The maximum atomic E-state index is 11.2. The van der Waals surface area contributed by atoms with Crippen LogP contribution in [0.15, 0.2) is 11.6 Å². The van der Waals surface area contributed by atoms with Gasteiger partial charge in [0.15, 0.2) is 0 Å². The summed E-state index contributed by atoms with van der Waals surface area (Å²) in [4.78, 5) is 11.2. The number of Topliss-reactive ketones (excluding diaryl/α,β-unsaturated/α-hetero) is 1. The second-order valence-corrected chi connectivity index (χ2v) is 3.88. The predicted octanol–water partition coefficient (Wildman–Crippen LogP) is 1.70. The maximum Gasteiger partial charge on any atom is 0.135 e. The van der Waals surface area contributed by atoms with Crippen molar-refractivity contribution in [2.75, 3.05) is 0 Å². The molecule has 2 rings (SSSR count). The third-order valence-corrected chi connectivity index (χ3v) is 2.80. The van der Waals surface area contributed by atoms with E-state index in [0.717, 1.165) is 12.8 Å². The number of ketones is 1. The molecule has 2 heterocycles. The van der Waals surface area contributed by atoms with Gasteiger partial charge < -0.3 is 4.74 Å². The van der Waals surface area contributed by atoms with Gasteiger partial charge in [0.05, 0.1) is 12.2 Å². The molecule has 0 radical (unpaired) electrons. The molecule has 0 aromatic heterocycles. The van der Waals surface area contributed by atoms with E-state index in [4.69, 9.17) is 4.74 Å². The van der Waals surface area contributed by atoms with Crippen LogP contribution in [-0.4, -0.2) is 18.0 Å². The summed E-state index contributed by atoms with van der Waals surface area (Å²) in [6.07, 6.45) is 4.40. The molecular weight excluding hydrogens is 152 g/mol. The van der Waals surface area contributed by atoms with E-state index < -0.39 is 0 Å². The van der Waals surface area contributed by atoms with Crippen molar-refractivity contribution >= 4 is 5.78 Å². The van der Waals surface area contributed by atoms with Gasteiger partial charge in [-0.05, 0) is 26.7 Å². The molecular formula is C10H14O2. The summed E-state index contributed by atoms with van der Waals surface area (Å²) in [5.74, 6) is 0.439. The van der Waals surface area contributed by atoms with Gasteiger partial charge in [0, 0.05) is 5.92 Å². The van der Waals surface area contributed by atoms with Crippen molar-refractivity contribution in [1.82, 2.24) is 0 Å². The largest absolute Gasteiger partial charge is 0.370 e. The number of rotatable bonds is 1. The molecule has 1 saturated heterocycles. The van der Waals surface area contributed by atoms with Crippen LogP contribution in [0.5, 0.6) is 0 Å². The fraction of sp³-hybridized carbons (Fsp3) is 0.700. The van der Waals surface area contributed by atoms with Crippen molar-refractivity contribution in [2.45, 2.75) is 38.9 Å². The van der Waals surface area contributed by atoms with Gasteiger partial charge in [-0.3, -0.25) is 4.79 Å². The molecule has 12 heavy (non-hydrogen) atoms. The zero-order valence-electron chi connectivity index (χ0n) is 7.54. The lowest BCUT2D eigenvalue weighted by Gasteiger charge is -2.19. The van der Waals surface area contributed by atoms with Gasteiger partial charge in [-0.15, -0.1) is 0 Å². The molecule has 2 aliphatic heterocycles. The second-order valence-electron chi connectivity index (χ2n) is 3.88. The Labute approximate surface area is 72.6 Å². The summed E-state index contributed by atoms with van der Waals surface area (Å²) in [7, 11) is 0. The molecule has 0 unspecified atom stereocenters. The number of carbonyl (C=O) groups excluding carboxylic acids is 1. The quantitative estimate of drug-likeness (QED) is 0.554. The summed E-state index contributed by atoms with van der Waals surface area (Å²) in [5, 5.41) is 0. The maximum absolute atomic E-state index is 11.2. The Kier molecular flexibility index (Phi) is 1.80. The molecule has 3 atom stereocenters. The summed E-state index contributed by atoms with van der Waals surface area (Å²) >= 11 is 0. The highest BCUT2D eigenvalue weighted by atomic mass is 16.5. The lowest BCUT2D eigenvalue weighted by Crippen LogP contribution is -2.23. The van der Waals surface area contributed by atoms with Crippen molar-refractivity contribution in [2.24, 2.45) is 5.92 Å². The van der Waals surface area contributed by atoms with Crippen LogP contribution in [0.4, 0.5) is 0 Å². The first-order valence-electron chi connectivity index (χ1n) is 4.50. The van der Waals surface area contributed by atoms with Crippen molar-refractivity contribution in [3.63, 3.8) is 0 Å². The first kappa shape index (κ1) is 7.99. The lowest BCUT2D eigenvalue weighted by molar-refractivity contribution is -0.122. The van der Waals surface area contributed by atoms with Gasteiger partial charge in [-0.25, -0.2) is 0 Å². The normalized spacial score (nSPS) is 39.5. The lowest BCUT2D eigenvalue weighted by atomic mass is 9.95. The number of hydrogen-bond acceptors (Lipinski definition) is 2. The summed E-state index contributed by atoms with van der Waals surface area (Å²) in [6, 6.07) is 0. The molecule has 2 aliphatic rings. The number of hydrogen-bond donors (Lipinski definition) is 0. The third kappa shape index (κ3) is 1.20. The highest BCUT2D eigenvalue weighted by molar-refractivity contribution is 5.79. The van der Waals surface area contributed by atoms with Crippen LogP contribution in [0.2, 0.25) is 0 Å². The molecule has 0 spiro atoms. The summed E-state index contributed by atoms with van der Waals surface area (Å²) in [6.45, 7) is 3.79. The van der Waals surface area contributed by atoms with Gasteiger partial charge in [0.2, 0.25) is 0 Å². The Bertz CT molecular complexity index is 242. The molecule has 0 amide bonds. The Balaban J connectivity index is 2.16. The number of ether oxygens (including phenoxy) is 1. The minimum Gasteiger partial charge on any atom is -0.370 e.